The number of hydrogen-bond acceptors (Lipinski definition) is 4. The van der Waals surface area contributed by atoms with Crippen molar-refractivity contribution in [3.8, 4) is 0 Å². The molecule has 1 amide bonds. The second-order valence-electron chi connectivity index (χ2n) is 8.98. The molecule has 1 fully saturated rings. The van der Waals surface area contributed by atoms with Crippen LogP contribution in [0.15, 0.2) is 59.0 Å². The summed E-state index contributed by atoms with van der Waals surface area (Å²) in [6.07, 6.45) is 4.15. The third-order valence-electron chi connectivity index (χ3n) is 6.21. The molecule has 1 saturated heterocycles. The van der Waals surface area contributed by atoms with E-state index in [0.717, 1.165) is 68.3 Å². The number of amides is 1. The van der Waals surface area contributed by atoms with Crippen LogP contribution >= 0.6 is 23.4 Å². The van der Waals surface area contributed by atoms with E-state index < -0.39 is 0 Å². The minimum Gasteiger partial charge on any atom is -0.369 e. The van der Waals surface area contributed by atoms with Crippen LogP contribution in [0.4, 0.5) is 5.69 Å². The SMILES string of the molecule is CC1(C)Sc2ccccc2C=C1C(=O)NCCCCN1CCN(c2cccc(Cl)c2)CC1. The Bertz CT molecular complexity index is 983. The van der Waals surface area contributed by atoms with Crippen molar-refractivity contribution < 1.29 is 4.79 Å². The Balaban J connectivity index is 1.18. The van der Waals surface area contributed by atoms with Crippen LogP contribution in [0.25, 0.3) is 6.08 Å². The Labute approximate surface area is 201 Å². The lowest BCUT2D eigenvalue weighted by Crippen LogP contribution is -2.46. The van der Waals surface area contributed by atoms with Crippen molar-refractivity contribution in [2.24, 2.45) is 0 Å². The number of carbonyl (C=O) groups excluding carboxylic acids is 1. The molecule has 0 aromatic heterocycles. The fourth-order valence-corrected chi connectivity index (χ4v) is 5.74. The van der Waals surface area contributed by atoms with Crippen molar-refractivity contribution in [3.63, 3.8) is 0 Å². The van der Waals surface area contributed by atoms with Gasteiger partial charge in [0.05, 0.1) is 0 Å². The van der Waals surface area contributed by atoms with Crippen molar-refractivity contribution in [2.45, 2.75) is 36.3 Å². The predicted molar refractivity (Wildman–Crippen MR) is 137 cm³/mol. The standard InChI is InChI=1S/C26H32ClN3OS/c1-26(2)23(18-20-8-3-4-11-24(20)32-26)25(31)28-12-5-6-13-29-14-16-30(17-15-29)22-10-7-9-21(27)19-22/h3-4,7-11,18-19H,5-6,12-17H2,1-2H3,(H,28,31). The first-order chi connectivity index (χ1) is 15.4. The quantitative estimate of drug-likeness (QED) is 0.556. The zero-order valence-electron chi connectivity index (χ0n) is 18.9. The lowest BCUT2D eigenvalue weighted by molar-refractivity contribution is -0.117. The summed E-state index contributed by atoms with van der Waals surface area (Å²) in [4.78, 5) is 19.0. The van der Waals surface area contributed by atoms with E-state index in [-0.39, 0.29) is 10.7 Å². The van der Waals surface area contributed by atoms with Gasteiger partial charge in [-0.15, -0.1) is 11.8 Å². The molecule has 2 aliphatic heterocycles. The van der Waals surface area contributed by atoms with Gasteiger partial charge in [-0.2, -0.15) is 0 Å². The Hall–Kier alpha value is -1.95. The molecule has 0 saturated carbocycles. The predicted octanol–water partition coefficient (Wildman–Crippen LogP) is 5.33. The molecule has 0 unspecified atom stereocenters. The largest absolute Gasteiger partial charge is 0.369 e. The smallest absolute Gasteiger partial charge is 0.248 e. The summed E-state index contributed by atoms with van der Waals surface area (Å²) in [5, 5.41) is 3.94. The van der Waals surface area contributed by atoms with E-state index in [1.807, 2.05) is 24.3 Å². The molecule has 0 bridgehead atoms. The van der Waals surface area contributed by atoms with Crippen LogP contribution in [0.3, 0.4) is 0 Å². The van der Waals surface area contributed by atoms with Gasteiger partial charge < -0.3 is 10.2 Å². The maximum Gasteiger partial charge on any atom is 0.248 e. The highest BCUT2D eigenvalue weighted by Crippen LogP contribution is 2.44. The van der Waals surface area contributed by atoms with Gasteiger partial charge in [0.15, 0.2) is 0 Å². The molecule has 4 rings (SSSR count). The molecule has 32 heavy (non-hydrogen) atoms. The molecular formula is C26H32ClN3OS. The van der Waals surface area contributed by atoms with E-state index in [1.54, 1.807) is 11.8 Å². The minimum absolute atomic E-state index is 0.0622. The van der Waals surface area contributed by atoms with Gasteiger partial charge in [-0.1, -0.05) is 35.9 Å². The van der Waals surface area contributed by atoms with E-state index in [1.165, 1.54) is 10.6 Å². The van der Waals surface area contributed by atoms with Crippen LogP contribution in [-0.2, 0) is 4.79 Å². The molecule has 2 heterocycles. The maximum absolute atomic E-state index is 12.9. The summed E-state index contributed by atoms with van der Waals surface area (Å²) >= 11 is 7.89. The van der Waals surface area contributed by atoms with Gasteiger partial charge in [0.2, 0.25) is 5.91 Å². The summed E-state index contributed by atoms with van der Waals surface area (Å²) in [6.45, 7) is 10.2. The summed E-state index contributed by atoms with van der Waals surface area (Å²) < 4.78 is -0.221. The molecule has 0 atom stereocenters. The third-order valence-corrected chi connectivity index (χ3v) is 7.77. The number of rotatable bonds is 7. The zero-order valence-corrected chi connectivity index (χ0v) is 20.5. The van der Waals surface area contributed by atoms with E-state index in [0.29, 0.717) is 0 Å². The van der Waals surface area contributed by atoms with Crippen molar-refractivity contribution in [2.75, 3.05) is 44.2 Å². The van der Waals surface area contributed by atoms with Crippen LogP contribution in [-0.4, -0.2) is 54.8 Å². The number of piperazine rings is 1. The van der Waals surface area contributed by atoms with Crippen molar-refractivity contribution >= 4 is 41.0 Å². The topological polar surface area (TPSA) is 35.6 Å². The number of carbonyl (C=O) groups is 1. The molecule has 6 heteroatoms. The lowest BCUT2D eigenvalue weighted by atomic mass is 9.97. The number of nitrogens with one attached hydrogen (secondary N) is 1. The molecule has 2 aliphatic rings. The number of thioether (sulfide) groups is 1. The monoisotopic (exact) mass is 469 g/mol. The fraction of sp³-hybridized carbons (Fsp3) is 0.423. The Kier molecular flexibility index (Phi) is 7.49. The maximum atomic E-state index is 12.9. The van der Waals surface area contributed by atoms with Gasteiger partial charge >= 0.3 is 0 Å². The van der Waals surface area contributed by atoms with E-state index in [4.69, 9.17) is 11.6 Å². The number of fused-ring (bicyclic) bond motifs is 1. The minimum atomic E-state index is -0.221. The highest BCUT2D eigenvalue weighted by molar-refractivity contribution is 8.01. The highest BCUT2D eigenvalue weighted by Gasteiger charge is 2.33. The first-order valence-electron chi connectivity index (χ1n) is 11.4. The number of nitrogens with zero attached hydrogens (tertiary/aromatic N) is 2. The van der Waals surface area contributed by atoms with Crippen LogP contribution in [0, 0.1) is 0 Å². The van der Waals surface area contributed by atoms with Gasteiger partial charge in [-0.05, 0) is 69.1 Å². The first-order valence-corrected chi connectivity index (χ1v) is 12.6. The highest BCUT2D eigenvalue weighted by atomic mass is 35.5. The van der Waals surface area contributed by atoms with Crippen molar-refractivity contribution in [1.29, 1.82) is 0 Å². The molecule has 0 aliphatic carbocycles. The lowest BCUT2D eigenvalue weighted by Gasteiger charge is -2.36. The molecule has 0 radical (unpaired) electrons. The van der Waals surface area contributed by atoms with Crippen LogP contribution in [0.5, 0.6) is 0 Å². The third kappa shape index (κ3) is 5.69. The number of halogens is 1. The average Bonchev–Trinajstić information content (AvgIpc) is 2.78. The molecule has 2 aromatic rings. The normalized spacial score (nSPS) is 18.1. The molecule has 2 aromatic carbocycles. The molecule has 1 N–H and O–H groups in total. The Morgan fingerprint density at radius 3 is 2.62 bits per heavy atom. The van der Waals surface area contributed by atoms with Crippen molar-refractivity contribution in [3.05, 3.63) is 64.7 Å². The second-order valence-corrected chi connectivity index (χ2v) is 11.1. The van der Waals surface area contributed by atoms with Crippen LogP contribution in [0.1, 0.15) is 32.3 Å². The van der Waals surface area contributed by atoms with E-state index >= 15 is 0 Å². The van der Waals surface area contributed by atoms with Crippen LogP contribution in [0.2, 0.25) is 5.02 Å². The summed E-state index contributed by atoms with van der Waals surface area (Å²) in [5.74, 6) is 0.0622. The average molecular weight is 470 g/mol. The van der Waals surface area contributed by atoms with E-state index in [9.17, 15) is 4.79 Å². The van der Waals surface area contributed by atoms with Crippen LogP contribution < -0.4 is 10.2 Å². The van der Waals surface area contributed by atoms with Gasteiger partial charge in [-0.3, -0.25) is 9.69 Å². The molecular weight excluding hydrogens is 438 g/mol. The van der Waals surface area contributed by atoms with E-state index in [2.05, 4.69) is 59.3 Å². The molecule has 170 valence electrons. The van der Waals surface area contributed by atoms with Crippen molar-refractivity contribution in [1.82, 2.24) is 10.2 Å². The van der Waals surface area contributed by atoms with Gasteiger partial charge in [-0.25, -0.2) is 0 Å². The second kappa shape index (κ2) is 10.3. The molecule has 4 nitrogen and oxygen atoms in total. The number of hydrogen-bond donors (Lipinski definition) is 1. The Morgan fingerprint density at radius 1 is 1.06 bits per heavy atom. The summed E-state index contributed by atoms with van der Waals surface area (Å²) in [7, 11) is 0. The fourth-order valence-electron chi connectivity index (χ4n) is 4.35. The Morgan fingerprint density at radius 2 is 1.84 bits per heavy atom. The summed E-state index contributed by atoms with van der Waals surface area (Å²) in [6, 6.07) is 16.4. The molecule has 0 spiro atoms. The number of benzene rings is 2. The number of unbranched alkanes of at least 4 members (excludes halogenated alkanes) is 1. The van der Waals surface area contributed by atoms with Gasteiger partial charge in [0, 0.05) is 58.6 Å². The first kappa shape index (κ1) is 23.2. The van der Waals surface area contributed by atoms with Gasteiger partial charge in [0.1, 0.15) is 0 Å². The summed E-state index contributed by atoms with van der Waals surface area (Å²) in [5.41, 5.74) is 3.21. The zero-order chi connectivity index (χ0) is 22.6. The number of anilines is 1. The van der Waals surface area contributed by atoms with Gasteiger partial charge in [0.25, 0.3) is 0 Å².